The molecular weight excluding hydrogens is 685 g/mol. The summed E-state index contributed by atoms with van der Waals surface area (Å²) < 4.78 is 40.6. The van der Waals surface area contributed by atoms with Crippen molar-refractivity contribution in [1.82, 2.24) is 10.2 Å². The Balaban J connectivity index is 1.85. The highest BCUT2D eigenvalue weighted by Crippen LogP contribution is 2.34. The highest BCUT2D eigenvalue weighted by Gasteiger charge is 2.35. The zero-order valence-corrected chi connectivity index (χ0v) is 30.3. The third-order valence-corrected chi connectivity index (χ3v) is 10.4. The van der Waals surface area contributed by atoms with Crippen molar-refractivity contribution in [2.45, 2.75) is 50.6 Å². The molecule has 0 aliphatic heterocycles. The lowest BCUT2D eigenvalue weighted by Crippen LogP contribution is -2.53. The zero-order chi connectivity index (χ0) is 35.6. The Morgan fingerprint density at radius 1 is 0.878 bits per heavy atom. The fourth-order valence-electron chi connectivity index (χ4n) is 5.24. The quantitative estimate of drug-likeness (QED) is 0.124. The van der Waals surface area contributed by atoms with Crippen LogP contribution in [0.25, 0.3) is 0 Å². The number of rotatable bonds is 16. The molecule has 1 N–H and O–H groups in total. The average molecular weight is 727 g/mol. The SMILES string of the molecule is CCCCNC(=O)[C@@H](Cc1ccccc1)N(Cc1ccc(Cl)cc1Cl)C(=O)CN(c1ccc(OC)c(OC)c1)S(=O)(=O)c1ccc(C)cc1. The molecule has 260 valence electrons. The lowest BCUT2D eigenvalue weighted by atomic mass is 10.0. The molecule has 0 aromatic heterocycles. The van der Waals surface area contributed by atoms with Crippen LogP contribution < -0.4 is 19.1 Å². The van der Waals surface area contributed by atoms with Crippen LogP contribution in [0.15, 0.2) is 95.9 Å². The maximum atomic E-state index is 14.7. The summed E-state index contributed by atoms with van der Waals surface area (Å²) in [6.45, 7) is 3.57. The number of nitrogens with zero attached hydrogens (tertiary/aromatic N) is 2. The molecule has 0 fully saturated rings. The van der Waals surface area contributed by atoms with Gasteiger partial charge in [0.05, 0.1) is 24.8 Å². The van der Waals surface area contributed by atoms with E-state index < -0.39 is 28.5 Å². The van der Waals surface area contributed by atoms with Crippen LogP contribution in [0.1, 0.15) is 36.5 Å². The number of sulfonamides is 1. The van der Waals surface area contributed by atoms with Crippen molar-refractivity contribution in [3.63, 3.8) is 0 Å². The highest BCUT2D eigenvalue weighted by atomic mass is 35.5. The molecule has 0 saturated heterocycles. The Morgan fingerprint density at radius 3 is 2.20 bits per heavy atom. The summed E-state index contributed by atoms with van der Waals surface area (Å²) in [4.78, 5) is 30.0. The van der Waals surface area contributed by atoms with Gasteiger partial charge in [0.2, 0.25) is 11.8 Å². The minimum Gasteiger partial charge on any atom is -0.493 e. The molecule has 4 aromatic carbocycles. The molecule has 0 unspecified atom stereocenters. The third-order valence-electron chi connectivity index (χ3n) is 8.00. The van der Waals surface area contributed by atoms with Crippen molar-refractivity contribution in [3.05, 3.63) is 118 Å². The molecule has 12 heteroatoms. The topological polar surface area (TPSA) is 105 Å². The van der Waals surface area contributed by atoms with Crippen LogP contribution >= 0.6 is 23.2 Å². The van der Waals surface area contributed by atoms with Crippen LogP contribution in [0.5, 0.6) is 11.5 Å². The van der Waals surface area contributed by atoms with Gasteiger partial charge in [-0.25, -0.2) is 8.42 Å². The monoisotopic (exact) mass is 725 g/mol. The van der Waals surface area contributed by atoms with Gasteiger partial charge in [0, 0.05) is 35.6 Å². The summed E-state index contributed by atoms with van der Waals surface area (Å²) in [7, 11) is -1.40. The summed E-state index contributed by atoms with van der Waals surface area (Å²) in [5.74, 6) is -0.326. The van der Waals surface area contributed by atoms with E-state index in [0.717, 1.165) is 28.3 Å². The number of carbonyl (C=O) groups is 2. The second-order valence-corrected chi connectivity index (χ2v) is 14.2. The Morgan fingerprint density at radius 2 is 1.57 bits per heavy atom. The number of amides is 2. The smallest absolute Gasteiger partial charge is 0.264 e. The number of halogens is 2. The van der Waals surface area contributed by atoms with E-state index in [1.54, 1.807) is 42.5 Å². The fraction of sp³-hybridized carbons (Fsp3) is 0.297. The maximum Gasteiger partial charge on any atom is 0.264 e. The molecule has 1 atom stereocenters. The normalized spacial score (nSPS) is 11.8. The first-order valence-corrected chi connectivity index (χ1v) is 18.0. The third kappa shape index (κ3) is 9.68. The first kappa shape index (κ1) is 37.6. The average Bonchev–Trinajstić information content (AvgIpc) is 3.09. The standard InChI is InChI=1S/C37H41Cl2N3O6S/c1-5-6-20-40-37(44)33(21-27-10-8-7-9-11-27)41(24-28-14-15-29(38)22-32(28)39)36(43)25-42(30-16-19-34(47-3)35(23-30)48-4)49(45,46)31-17-12-26(2)13-18-31/h7-19,22-23,33H,5-6,20-21,24-25H2,1-4H3,(H,40,44)/t33-/m1/s1. The van der Waals surface area contributed by atoms with Gasteiger partial charge < -0.3 is 19.7 Å². The van der Waals surface area contributed by atoms with E-state index in [1.165, 1.54) is 37.3 Å². The molecule has 9 nitrogen and oxygen atoms in total. The minimum absolute atomic E-state index is 0.00822. The number of methoxy groups -OCH3 is 2. The van der Waals surface area contributed by atoms with E-state index in [-0.39, 0.29) is 35.2 Å². The van der Waals surface area contributed by atoms with E-state index in [1.807, 2.05) is 44.2 Å². The lowest BCUT2D eigenvalue weighted by molar-refractivity contribution is -0.140. The summed E-state index contributed by atoms with van der Waals surface area (Å²) in [5, 5.41) is 3.69. The van der Waals surface area contributed by atoms with Gasteiger partial charge in [-0.05, 0) is 60.9 Å². The molecule has 0 radical (unpaired) electrons. The number of benzene rings is 4. The van der Waals surface area contributed by atoms with Gasteiger partial charge in [-0.1, -0.05) is 90.6 Å². The van der Waals surface area contributed by atoms with Gasteiger partial charge in [-0.3, -0.25) is 13.9 Å². The summed E-state index contributed by atoms with van der Waals surface area (Å²) >= 11 is 12.8. The lowest BCUT2D eigenvalue weighted by Gasteiger charge is -2.34. The maximum absolute atomic E-state index is 14.7. The van der Waals surface area contributed by atoms with Crippen molar-refractivity contribution in [2.75, 3.05) is 31.6 Å². The molecule has 0 spiro atoms. The molecule has 0 saturated carbocycles. The van der Waals surface area contributed by atoms with Crippen molar-refractivity contribution in [1.29, 1.82) is 0 Å². The van der Waals surface area contributed by atoms with E-state index in [2.05, 4.69) is 5.32 Å². The van der Waals surface area contributed by atoms with Crippen molar-refractivity contribution >= 4 is 50.7 Å². The van der Waals surface area contributed by atoms with Crippen LogP contribution in [0.3, 0.4) is 0 Å². The van der Waals surface area contributed by atoms with Gasteiger partial charge in [0.15, 0.2) is 11.5 Å². The number of anilines is 1. The first-order valence-electron chi connectivity index (χ1n) is 15.8. The Bertz CT molecular complexity index is 1840. The number of nitrogens with one attached hydrogen (secondary N) is 1. The van der Waals surface area contributed by atoms with E-state index in [9.17, 15) is 18.0 Å². The molecule has 4 rings (SSSR count). The predicted octanol–water partition coefficient (Wildman–Crippen LogP) is 7.07. The molecule has 0 heterocycles. The number of carbonyl (C=O) groups excluding carboxylic acids is 2. The van der Waals surface area contributed by atoms with E-state index in [4.69, 9.17) is 32.7 Å². The Kier molecular flexibility index (Phi) is 13.4. The van der Waals surface area contributed by atoms with Gasteiger partial charge in [-0.15, -0.1) is 0 Å². The van der Waals surface area contributed by atoms with Gasteiger partial charge in [0.1, 0.15) is 12.6 Å². The number of ether oxygens (including phenoxy) is 2. The highest BCUT2D eigenvalue weighted by molar-refractivity contribution is 7.92. The van der Waals surface area contributed by atoms with Crippen LogP contribution in [-0.2, 0) is 32.6 Å². The molecule has 0 aliphatic carbocycles. The summed E-state index contributed by atoms with van der Waals surface area (Å²) in [5.41, 5.74) is 2.40. The van der Waals surface area contributed by atoms with Crippen LogP contribution in [-0.4, -0.2) is 58.5 Å². The van der Waals surface area contributed by atoms with E-state index >= 15 is 0 Å². The largest absolute Gasteiger partial charge is 0.493 e. The Labute approximate surface area is 298 Å². The van der Waals surface area contributed by atoms with E-state index in [0.29, 0.717) is 27.9 Å². The van der Waals surface area contributed by atoms with Gasteiger partial charge in [0.25, 0.3) is 10.0 Å². The van der Waals surface area contributed by atoms with Gasteiger partial charge >= 0.3 is 0 Å². The van der Waals surface area contributed by atoms with Gasteiger partial charge in [-0.2, -0.15) is 0 Å². The molecule has 49 heavy (non-hydrogen) atoms. The molecular formula is C37H41Cl2N3O6S. The minimum atomic E-state index is -4.31. The second kappa shape index (κ2) is 17.4. The Hall–Kier alpha value is -4.25. The summed E-state index contributed by atoms with van der Waals surface area (Å²) in [6, 6.07) is 24.2. The fourth-order valence-corrected chi connectivity index (χ4v) is 7.11. The van der Waals surface area contributed by atoms with Crippen LogP contribution in [0.2, 0.25) is 10.0 Å². The molecule has 4 aromatic rings. The van der Waals surface area contributed by atoms with Crippen molar-refractivity contribution in [2.24, 2.45) is 0 Å². The van der Waals surface area contributed by atoms with Crippen molar-refractivity contribution < 1.29 is 27.5 Å². The number of hydrogen-bond acceptors (Lipinski definition) is 6. The predicted molar refractivity (Wildman–Crippen MR) is 194 cm³/mol. The van der Waals surface area contributed by atoms with Crippen molar-refractivity contribution in [3.8, 4) is 11.5 Å². The number of unbranched alkanes of at least 4 members (excludes halogenated alkanes) is 1. The van der Waals surface area contributed by atoms with Crippen LogP contribution in [0.4, 0.5) is 5.69 Å². The molecule has 0 aliphatic rings. The second-order valence-electron chi connectivity index (χ2n) is 11.5. The number of aryl methyl sites for hydroxylation is 1. The molecule has 0 bridgehead atoms. The zero-order valence-electron chi connectivity index (χ0n) is 28.0. The van der Waals surface area contributed by atoms with Crippen LogP contribution in [0, 0.1) is 6.92 Å². The summed E-state index contributed by atoms with van der Waals surface area (Å²) in [6.07, 6.45) is 1.79. The number of hydrogen-bond donors (Lipinski definition) is 1. The molecule has 2 amide bonds. The first-order chi connectivity index (χ1) is 23.5.